The second-order valence-corrected chi connectivity index (χ2v) is 5.43. The first-order valence-electron chi connectivity index (χ1n) is 6.25. The molecule has 1 aliphatic heterocycles. The molecule has 2 aromatic rings. The van der Waals surface area contributed by atoms with E-state index in [2.05, 4.69) is 20.9 Å². The molecule has 0 radical (unpaired) electrons. The van der Waals surface area contributed by atoms with Gasteiger partial charge in [-0.3, -0.25) is 14.5 Å². The Balaban J connectivity index is 1.88. The van der Waals surface area contributed by atoms with Crippen molar-refractivity contribution in [1.82, 2.24) is 9.88 Å². The predicted molar refractivity (Wildman–Crippen MR) is 79.1 cm³/mol. The molecule has 0 fully saturated rings. The van der Waals surface area contributed by atoms with Crippen LogP contribution in [0.1, 0.15) is 26.3 Å². The number of pyridine rings is 1. The summed E-state index contributed by atoms with van der Waals surface area (Å²) in [5.74, 6) is -0.0915. The fourth-order valence-electron chi connectivity index (χ4n) is 2.27. The van der Waals surface area contributed by atoms with E-state index in [-0.39, 0.29) is 18.4 Å². The summed E-state index contributed by atoms with van der Waals surface area (Å²) in [7, 11) is 1.52. The lowest BCUT2D eigenvalue weighted by Gasteiger charge is -2.14. The molecule has 0 spiro atoms. The maximum Gasteiger partial charge on any atom is 0.261 e. The number of amides is 2. The van der Waals surface area contributed by atoms with Crippen LogP contribution in [0.15, 0.2) is 41.0 Å². The molecule has 6 heteroatoms. The normalized spacial score (nSPS) is 13.5. The third kappa shape index (κ3) is 2.31. The van der Waals surface area contributed by atoms with Crippen molar-refractivity contribution in [3.63, 3.8) is 0 Å². The standard InChI is InChI=1S/C15H11BrN2O3/c1-21-13-12(16)6-9(7-17-13)8-18-14(19)10-4-2-3-5-11(10)15(18)20/h2-7H,8H2,1H3. The van der Waals surface area contributed by atoms with Gasteiger partial charge >= 0.3 is 0 Å². The Morgan fingerprint density at radius 3 is 2.33 bits per heavy atom. The van der Waals surface area contributed by atoms with E-state index in [9.17, 15) is 9.59 Å². The number of aromatic nitrogens is 1. The molecular formula is C15H11BrN2O3. The summed E-state index contributed by atoms with van der Waals surface area (Å²) in [5.41, 5.74) is 1.64. The molecular weight excluding hydrogens is 336 g/mol. The van der Waals surface area contributed by atoms with Gasteiger partial charge in [-0.05, 0) is 39.7 Å². The molecule has 0 aliphatic carbocycles. The molecule has 106 valence electrons. The van der Waals surface area contributed by atoms with E-state index in [4.69, 9.17) is 4.74 Å². The van der Waals surface area contributed by atoms with E-state index in [1.165, 1.54) is 12.0 Å². The molecule has 21 heavy (non-hydrogen) atoms. The largest absolute Gasteiger partial charge is 0.480 e. The Morgan fingerprint density at radius 2 is 1.81 bits per heavy atom. The summed E-state index contributed by atoms with van der Waals surface area (Å²) in [5, 5.41) is 0. The molecule has 0 N–H and O–H groups in total. The highest BCUT2D eigenvalue weighted by molar-refractivity contribution is 9.10. The van der Waals surface area contributed by atoms with Crippen LogP contribution in [0.4, 0.5) is 0 Å². The highest BCUT2D eigenvalue weighted by Gasteiger charge is 2.35. The summed E-state index contributed by atoms with van der Waals surface area (Å²) < 4.78 is 5.74. The number of rotatable bonds is 3. The molecule has 1 aromatic carbocycles. The van der Waals surface area contributed by atoms with Gasteiger partial charge in [0.15, 0.2) is 0 Å². The fraction of sp³-hybridized carbons (Fsp3) is 0.133. The highest BCUT2D eigenvalue weighted by Crippen LogP contribution is 2.27. The van der Waals surface area contributed by atoms with Crippen LogP contribution in [-0.4, -0.2) is 28.8 Å². The molecule has 1 aromatic heterocycles. The minimum Gasteiger partial charge on any atom is -0.480 e. The SMILES string of the molecule is COc1ncc(CN2C(=O)c3ccccc3C2=O)cc1Br. The number of hydrogen-bond donors (Lipinski definition) is 0. The maximum atomic E-state index is 12.3. The van der Waals surface area contributed by atoms with Gasteiger partial charge in [-0.1, -0.05) is 12.1 Å². The second-order valence-electron chi connectivity index (χ2n) is 4.58. The first-order valence-corrected chi connectivity index (χ1v) is 7.04. The Morgan fingerprint density at radius 1 is 1.19 bits per heavy atom. The van der Waals surface area contributed by atoms with Gasteiger partial charge in [0, 0.05) is 6.20 Å². The Labute approximate surface area is 129 Å². The van der Waals surface area contributed by atoms with Crippen LogP contribution in [0.3, 0.4) is 0 Å². The third-order valence-electron chi connectivity index (χ3n) is 3.28. The van der Waals surface area contributed by atoms with Crippen LogP contribution in [-0.2, 0) is 6.54 Å². The van der Waals surface area contributed by atoms with Crippen molar-refractivity contribution in [3.8, 4) is 5.88 Å². The zero-order valence-corrected chi connectivity index (χ0v) is 12.8. The van der Waals surface area contributed by atoms with Gasteiger partial charge in [0.05, 0.1) is 29.3 Å². The maximum absolute atomic E-state index is 12.3. The number of carbonyl (C=O) groups excluding carboxylic acids is 2. The van der Waals surface area contributed by atoms with Gasteiger partial charge in [-0.2, -0.15) is 0 Å². The number of carbonyl (C=O) groups is 2. The highest BCUT2D eigenvalue weighted by atomic mass is 79.9. The average Bonchev–Trinajstić information content (AvgIpc) is 2.73. The fourth-order valence-corrected chi connectivity index (χ4v) is 2.83. The second kappa shape index (κ2) is 5.29. The van der Waals surface area contributed by atoms with Gasteiger partial charge in [-0.25, -0.2) is 4.98 Å². The van der Waals surface area contributed by atoms with Crippen LogP contribution >= 0.6 is 15.9 Å². The number of benzene rings is 1. The van der Waals surface area contributed by atoms with Crippen molar-refractivity contribution in [2.24, 2.45) is 0 Å². The average molecular weight is 347 g/mol. The zero-order valence-electron chi connectivity index (χ0n) is 11.2. The number of imide groups is 1. The molecule has 0 saturated heterocycles. The topological polar surface area (TPSA) is 59.5 Å². The smallest absolute Gasteiger partial charge is 0.261 e. The first kappa shape index (κ1) is 13.8. The van der Waals surface area contributed by atoms with Crippen LogP contribution < -0.4 is 4.74 Å². The predicted octanol–water partition coefficient (Wildman–Crippen LogP) is 2.65. The van der Waals surface area contributed by atoms with Crippen molar-refractivity contribution in [3.05, 3.63) is 57.7 Å². The van der Waals surface area contributed by atoms with Crippen LogP contribution in [0, 0.1) is 0 Å². The number of fused-ring (bicyclic) bond motifs is 1. The molecule has 0 atom stereocenters. The van der Waals surface area contributed by atoms with E-state index >= 15 is 0 Å². The van der Waals surface area contributed by atoms with E-state index in [0.29, 0.717) is 21.5 Å². The first-order chi connectivity index (χ1) is 10.1. The number of hydrogen-bond acceptors (Lipinski definition) is 4. The Bertz CT molecular complexity index is 710. The summed E-state index contributed by atoms with van der Waals surface area (Å²) in [6.07, 6.45) is 1.59. The summed E-state index contributed by atoms with van der Waals surface area (Å²) in [6.45, 7) is 0.182. The number of halogens is 1. The van der Waals surface area contributed by atoms with Crippen molar-refractivity contribution in [2.45, 2.75) is 6.54 Å². The lowest BCUT2D eigenvalue weighted by atomic mass is 10.1. The summed E-state index contributed by atoms with van der Waals surface area (Å²) in [4.78, 5) is 29.9. The Hall–Kier alpha value is -2.21. The summed E-state index contributed by atoms with van der Waals surface area (Å²) in [6, 6.07) is 8.61. The lowest BCUT2D eigenvalue weighted by molar-refractivity contribution is 0.0642. The lowest BCUT2D eigenvalue weighted by Crippen LogP contribution is -2.29. The molecule has 2 amide bonds. The Kier molecular flexibility index (Phi) is 3.47. The zero-order chi connectivity index (χ0) is 15.0. The van der Waals surface area contributed by atoms with Gasteiger partial charge < -0.3 is 4.74 Å². The van der Waals surface area contributed by atoms with Gasteiger partial charge in [0.2, 0.25) is 5.88 Å². The molecule has 1 aliphatic rings. The molecule has 0 bridgehead atoms. The van der Waals surface area contributed by atoms with Crippen molar-refractivity contribution in [1.29, 1.82) is 0 Å². The summed E-state index contributed by atoms with van der Waals surface area (Å²) >= 11 is 3.34. The van der Waals surface area contributed by atoms with Crippen molar-refractivity contribution in [2.75, 3.05) is 7.11 Å². The number of methoxy groups -OCH3 is 1. The van der Waals surface area contributed by atoms with E-state index in [1.807, 2.05) is 0 Å². The van der Waals surface area contributed by atoms with Crippen LogP contribution in [0.5, 0.6) is 5.88 Å². The van der Waals surface area contributed by atoms with E-state index < -0.39 is 0 Å². The molecule has 2 heterocycles. The third-order valence-corrected chi connectivity index (χ3v) is 3.84. The van der Waals surface area contributed by atoms with Crippen molar-refractivity contribution < 1.29 is 14.3 Å². The van der Waals surface area contributed by atoms with Gasteiger partial charge in [-0.15, -0.1) is 0 Å². The van der Waals surface area contributed by atoms with E-state index in [1.54, 1.807) is 36.5 Å². The molecule has 5 nitrogen and oxygen atoms in total. The van der Waals surface area contributed by atoms with Crippen LogP contribution in [0.25, 0.3) is 0 Å². The molecule has 3 rings (SSSR count). The minimum absolute atomic E-state index is 0.182. The number of ether oxygens (including phenoxy) is 1. The van der Waals surface area contributed by atoms with Crippen molar-refractivity contribution >= 4 is 27.7 Å². The minimum atomic E-state index is -0.275. The van der Waals surface area contributed by atoms with Gasteiger partial charge in [0.25, 0.3) is 11.8 Å². The molecule has 0 saturated carbocycles. The quantitative estimate of drug-likeness (QED) is 0.801. The van der Waals surface area contributed by atoms with Crippen LogP contribution in [0.2, 0.25) is 0 Å². The molecule has 0 unspecified atom stereocenters. The van der Waals surface area contributed by atoms with Gasteiger partial charge in [0.1, 0.15) is 0 Å². The monoisotopic (exact) mass is 346 g/mol. The van der Waals surface area contributed by atoms with E-state index in [0.717, 1.165) is 5.56 Å². The number of nitrogens with zero attached hydrogens (tertiary/aromatic N) is 2.